The van der Waals surface area contributed by atoms with E-state index in [1.165, 1.54) is 0 Å². The van der Waals surface area contributed by atoms with Crippen LogP contribution in [-0.4, -0.2) is 29.6 Å². The Balaban J connectivity index is 2.47. The van der Waals surface area contributed by atoms with Crippen LogP contribution in [0, 0.1) is 0 Å². The molecule has 1 N–H and O–H groups in total. The van der Waals surface area contributed by atoms with Gasteiger partial charge < -0.3 is 9.84 Å². The van der Waals surface area contributed by atoms with Gasteiger partial charge in [0.15, 0.2) is 0 Å². The standard InChI is InChI=1S/C7H11NO3/c1-2-3-5-4-11-6(8-5)7(9)10/h5H,2-4H2,1H3,(H,9,10). The molecule has 1 aliphatic rings. The van der Waals surface area contributed by atoms with Crippen LogP contribution in [0.25, 0.3) is 0 Å². The van der Waals surface area contributed by atoms with Crippen LogP contribution in [0.4, 0.5) is 0 Å². The second-order valence-electron chi connectivity index (χ2n) is 2.49. The van der Waals surface area contributed by atoms with E-state index in [2.05, 4.69) is 4.99 Å². The Morgan fingerprint density at radius 2 is 2.64 bits per heavy atom. The fourth-order valence-electron chi connectivity index (χ4n) is 1.01. The van der Waals surface area contributed by atoms with Crippen molar-refractivity contribution >= 4 is 11.9 Å². The van der Waals surface area contributed by atoms with Crippen molar-refractivity contribution in [3.63, 3.8) is 0 Å². The van der Waals surface area contributed by atoms with E-state index < -0.39 is 5.97 Å². The fraction of sp³-hybridized carbons (Fsp3) is 0.714. The summed E-state index contributed by atoms with van der Waals surface area (Å²) in [6, 6.07) is 0.0612. The van der Waals surface area contributed by atoms with Gasteiger partial charge in [0.25, 0.3) is 5.90 Å². The lowest BCUT2D eigenvalue weighted by Gasteiger charge is -1.99. The SMILES string of the molecule is CCCC1COC(C(=O)O)=N1. The Morgan fingerprint density at radius 3 is 3.09 bits per heavy atom. The molecule has 0 saturated carbocycles. The molecule has 1 aliphatic heterocycles. The van der Waals surface area contributed by atoms with Gasteiger partial charge in [0.05, 0.1) is 6.04 Å². The predicted octanol–water partition coefficient (Wildman–Crippen LogP) is 0.668. The topological polar surface area (TPSA) is 58.9 Å². The predicted molar refractivity (Wildman–Crippen MR) is 39.7 cm³/mol. The maximum absolute atomic E-state index is 10.3. The number of hydrogen-bond acceptors (Lipinski definition) is 3. The summed E-state index contributed by atoms with van der Waals surface area (Å²) in [4.78, 5) is 14.2. The first kappa shape index (κ1) is 8.04. The molecule has 0 bridgehead atoms. The van der Waals surface area contributed by atoms with Gasteiger partial charge in [0, 0.05) is 0 Å². The van der Waals surface area contributed by atoms with Gasteiger partial charge in [0.2, 0.25) is 0 Å². The van der Waals surface area contributed by atoms with Crippen LogP contribution in [0.1, 0.15) is 19.8 Å². The van der Waals surface area contributed by atoms with Crippen molar-refractivity contribution in [2.24, 2.45) is 4.99 Å². The van der Waals surface area contributed by atoms with Gasteiger partial charge >= 0.3 is 5.97 Å². The van der Waals surface area contributed by atoms with Crippen LogP contribution in [0.5, 0.6) is 0 Å². The minimum absolute atomic E-state index is 0.0612. The Hall–Kier alpha value is -1.06. The van der Waals surface area contributed by atoms with Gasteiger partial charge in [-0.2, -0.15) is 0 Å². The zero-order chi connectivity index (χ0) is 8.27. The average molecular weight is 157 g/mol. The molecule has 0 radical (unpaired) electrons. The molecule has 1 atom stereocenters. The maximum atomic E-state index is 10.3. The van der Waals surface area contributed by atoms with Crippen LogP contribution >= 0.6 is 0 Å². The van der Waals surface area contributed by atoms with E-state index in [9.17, 15) is 4.79 Å². The van der Waals surface area contributed by atoms with E-state index in [0.29, 0.717) is 6.61 Å². The first-order valence-corrected chi connectivity index (χ1v) is 3.68. The highest BCUT2D eigenvalue weighted by Crippen LogP contribution is 2.09. The van der Waals surface area contributed by atoms with Crippen LogP contribution in [0.3, 0.4) is 0 Å². The number of rotatable bonds is 3. The summed E-state index contributed by atoms with van der Waals surface area (Å²) in [7, 11) is 0. The highest BCUT2D eigenvalue weighted by atomic mass is 16.5. The van der Waals surface area contributed by atoms with E-state index in [4.69, 9.17) is 9.84 Å². The summed E-state index contributed by atoms with van der Waals surface area (Å²) in [6.45, 7) is 2.46. The molecule has 1 heterocycles. The van der Waals surface area contributed by atoms with Crippen molar-refractivity contribution in [1.29, 1.82) is 0 Å². The van der Waals surface area contributed by atoms with E-state index in [1.54, 1.807) is 0 Å². The minimum atomic E-state index is -1.07. The monoisotopic (exact) mass is 157 g/mol. The van der Waals surface area contributed by atoms with Gasteiger partial charge in [-0.15, -0.1) is 0 Å². The van der Waals surface area contributed by atoms with Crippen LogP contribution in [0.2, 0.25) is 0 Å². The Labute approximate surface area is 64.9 Å². The van der Waals surface area contributed by atoms with Crippen molar-refractivity contribution in [3.05, 3.63) is 0 Å². The first-order chi connectivity index (χ1) is 5.24. The summed E-state index contributed by atoms with van der Waals surface area (Å²) in [5, 5.41) is 8.44. The third kappa shape index (κ3) is 1.93. The van der Waals surface area contributed by atoms with Crippen LogP contribution in [-0.2, 0) is 9.53 Å². The molecule has 0 aromatic heterocycles. The first-order valence-electron chi connectivity index (χ1n) is 3.68. The normalized spacial score (nSPS) is 22.6. The molecule has 11 heavy (non-hydrogen) atoms. The molecule has 1 rings (SSSR count). The number of ether oxygens (including phenoxy) is 1. The number of nitrogens with zero attached hydrogens (tertiary/aromatic N) is 1. The lowest BCUT2D eigenvalue weighted by Crippen LogP contribution is -2.12. The molecule has 0 fully saturated rings. The van der Waals surface area contributed by atoms with E-state index in [1.807, 2.05) is 6.92 Å². The minimum Gasteiger partial charge on any atom is -0.474 e. The average Bonchev–Trinajstić information content (AvgIpc) is 2.37. The zero-order valence-electron chi connectivity index (χ0n) is 6.41. The molecule has 4 heteroatoms. The summed E-state index contributed by atoms with van der Waals surface area (Å²) in [6.07, 6.45) is 1.90. The molecule has 0 amide bonds. The molecule has 1 unspecified atom stereocenters. The van der Waals surface area contributed by atoms with Crippen molar-refractivity contribution in [1.82, 2.24) is 0 Å². The molecule has 0 saturated heterocycles. The van der Waals surface area contributed by atoms with Crippen LogP contribution in [0.15, 0.2) is 4.99 Å². The van der Waals surface area contributed by atoms with Crippen LogP contribution < -0.4 is 0 Å². The number of hydrogen-bond donors (Lipinski definition) is 1. The molecule has 62 valence electrons. The van der Waals surface area contributed by atoms with Crippen molar-refractivity contribution in [2.75, 3.05) is 6.61 Å². The molecular formula is C7H11NO3. The van der Waals surface area contributed by atoms with Gasteiger partial charge in [-0.05, 0) is 6.42 Å². The molecule has 0 aliphatic carbocycles. The largest absolute Gasteiger partial charge is 0.474 e. The summed E-state index contributed by atoms with van der Waals surface area (Å²) < 4.78 is 4.83. The lowest BCUT2D eigenvalue weighted by atomic mass is 10.2. The van der Waals surface area contributed by atoms with Gasteiger partial charge in [-0.25, -0.2) is 9.79 Å². The third-order valence-corrected chi connectivity index (χ3v) is 1.52. The van der Waals surface area contributed by atoms with E-state index in [-0.39, 0.29) is 11.9 Å². The van der Waals surface area contributed by atoms with E-state index >= 15 is 0 Å². The Morgan fingerprint density at radius 1 is 1.91 bits per heavy atom. The molecule has 0 aromatic rings. The van der Waals surface area contributed by atoms with Gasteiger partial charge in [-0.1, -0.05) is 13.3 Å². The van der Waals surface area contributed by atoms with E-state index in [0.717, 1.165) is 12.8 Å². The maximum Gasteiger partial charge on any atom is 0.391 e. The smallest absolute Gasteiger partial charge is 0.391 e. The molecular weight excluding hydrogens is 146 g/mol. The number of carbonyl (C=O) groups is 1. The second-order valence-corrected chi connectivity index (χ2v) is 2.49. The summed E-state index contributed by atoms with van der Waals surface area (Å²) in [5.74, 6) is -1.20. The molecule has 0 spiro atoms. The highest BCUT2D eigenvalue weighted by molar-refractivity contribution is 6.32. The lowest BCUT2D eigenvalue weighted by molar-refractivity contribution is -0.130. The van der Waals surface area contributed by atoms with Crippen molar-refractivity contribution in [2.45, 2.75) is 25.8 Å². The number of carboxylic acid groups (broad SMARTS) is 1. The number of aliphatic imine (C=N–C) groups is 1. The van der Waals surface area contributed by atoms with Gasteiger partial charge in [-0.3, -0.25) is 0 Å². The van der Waals surface area contributed by atoms with Crippen molar-refractivity contribution < 1.29 is 14.6 Å². The number of aliphatic carboxylic acids is 1. The second kappa shape index (κ2) is 3.37. The highest BCUT2D eigenvalue weighted by Gasteiger charge is 2.22. The van der Waals surface area contributed by atoms with Crippen molar-refractivity contribution in [3.8, 4) is 0 Å². The Kier molecular flexibility index (Phi) is 2.46. The summed E-state index contributed by atoms with van der Waals surface area (Å²) in [5.41, 5.74) is 0. The zero-order valence-corrected chi connectivity index (χ0v) is 6.41. The number of carboxylic acids is 1. The van der Waals surface area contributed by atoms with Gasteiger partial charge in [0.1, 0.15) is 6.61 Å². The molecule has 4 nitrogen and oxygen atoms in total. The Bertz CT molecular complexity index is 188. The quantitative estimate of drug-likeness (QED) is 0.655. The fourth-order valence-corrected chi connectivity index (χ4v) is 1.01. The third-order valence-electron chi connectivity index (χ3n) is 1.52. The molecule has 0 aromatic carbocycles. The summed E-state index contributed by atoms with van der Waals surface area (Å²) >= 11 is 0.